The SMILES string of the molecule is CC/C=C\C/C=C\C/C=C\C/C=C\C/C=C\CC(=O)OCC(COC(=O)CCCCCCCCCCCCCCCCC/C=C\CCCCCCCCCC)OC(=O)CCCCCCCCCCCCCCCCCCCCCCCC. The average Bonchev–Trinajstić information content (AvgIpc) is 3.48. The Morgan fingerprint density at radius 2 is 0.524 bits per heavy atom. The number of allylic oxidation sites excluding steroid dienone is 11. The summed E-state index contributed by atoms with van der Waals surface area (Å²) in [5, 5.41) is 0. The molecule has 82 heavy (non-hydrogen) atoms. The first-order valence-electron chi connectivity index (χ1n) is 35.9. The van der Waals surface area contributed by atoms with Crippen LogP contribution in [0.3, 0.4) is 0 Å². The first kappa shape index (κ1) is 78.8. The van der Waals surface area contributed by atoms with E-state index in [9.17, 15) is 14.4 Å². The summed E-state index contributed by atoms with van der Waals surface area (Å²) in [4.78, 5) is 38.4. The van der Waals surface area contributed by atoms with Crippen LogP contribution in [0, 0.1) is 0 Å². The van der Waals surface area contributed by atoms with E-state index in [1.807, 2.05) is 12.2 Å². The quantitative estimate of drug-likeness (QED) is 0.0261. The van der Waals surface area contributed by atoms with Crippen LogP contribution < -0.4 is 0 Å². The average molecular weight is 1150 g/mol. The van der Waals surface area contributed by atoms with E-state index in [1.54, 1.807) is 0 Å². The summed E-state index contributed by atoms with van der Waals surface area (Å²) in [5.74, 6) is -1.01. The minimum atomic E-state index is -0.815. The molecule has 6 heteroatoms. The minimum absolute atomic E-state index is 0.101. The molecular formula is C76H136O6. The number of rotatable bonds is 66. The molecule has 0 aliphatic rings. The van der Waals surface area contributed by atoms with Crippen LogP contribution in [0.15, 0.2) is 72.9 Å². The van der Waals surface area contributed by atoms with Gasteiger partial charge in [0.05, 0.1) is 6.42 Å². The van der Waals surface area contributed by atoms with Crippen molar-refractivity contribution in [2.75, 3.05) is 13.2 Å². The van der Waals surface area contributed by atoms with Crippen molar-refractivity contribution in [3.05, 3.63) is 72.9 Å². The van der Waals surface area contributed by atoms with Gasteiger partial charge in [-0.15, -0.1) is 0 Å². The summed E-state index contributed by atoms with van der Waals surface area (Å²) in [6, 6.07) is 0. The molecule has 0 aliphatic heterocycles. The topological polar surface area (TPSA) is 78.9 Å². The van der Waals surface area contributed by atoms with E-state index in [4.69, 9.17) is 14.2 Å². The molecule has 476 valence electrons. The van der Waals surface area contributed by atoms with E-state index in [2.05, 4.69) is 81.5 Å². The standard InChI is InChI=1S/C76H136O6/c1-4-7-10-13-16-19-22-25-28-30-32-34-36-37-38-39-40-42-43-45-48-51-54-57-60-63-66-69-75(78)81-72-73(71-80-74(77)68-65-62-59-56-53-50-47-27-24-21-18-15-12-9-6-3)82-76(79)70-67-64-61-58-55-52-49-46-44-41-35-33-31-29-26-23-20-17-14-11-8-5-2/h9,12,18,21,27,30,32,47,53,56,62,65,73H,4-8,10-11,13-17,19-20,22-26,28-29,31,33-46,48-52,54-55,57-61,63-64,66-72H2,1-3H3/b12-9-,21-18-,32-30-,47-27-,56-53-,65-62-. The van der Waals surface area contributed by atoms with E-state index >= 15 is 0 Å². The summed E-state index contributed by atoms with van der Waals surface area (Å²) in [6.45, 7) is 6.50. The fourth-order valence-electron chi connectivity index (χ4n) is 10.6. The van der Waals surface area contributed by atoms with E-state index in [-0.39, 0.29) is 31.6 Å². The molecule has 0 N–H and O–H groups in total. The molecule has 0 aliphatic carbocycles. The van der Waals surface area contributed by atoms with Gasteiger partial charge in [0.25, 0.3) is 0 Å². The molecule has 0 aromatic rings. The summed E-state index contributed by atoms with van der Waals surface area (Å²) in [7, 11) is 0. The summed E-state index contributed by atoms with van der Waals surface area (Å²) >= 11 is 0. The highest BCUT2D eigenvalue weighted by Gasteiger charge is 2.19. The van der Waals surface area contributed by atoms with Crippen molar-refractivity contribution < 1.29 is 28.6 Å². The maximum Gasteiger partial charge on any atom is 0.309 e. The molecule has 0 fully saturated rings. The van der Waals surface area contributed by atoms with Crippen LogP contribution in [-0.2, 0) is 28.6 Å². The number of hydrogen-bond donors (Lipinski definition) is 0. The highest BCUT2D eigenvalue weighted by Crippen LogP contribution is 2.18. The highest BCUT2D eigenvalue weighted by molar-refractivity contribution is 5.72. The largest absolute Gasteiger partial charge is 0.462 e. The van der Waals surface area contributed by atoms with Crippen molar-refractivity contribution in [3.8, 4) is 0 Å². The molecule has 0 radical (unpaired) electrons. The maximum atomic E-state index is 13.0. The number of unbranched alkanes of at least 4 members (excludes halogenated alkanes) is 44. The van der Waals surface area contributed by atoms with Crippen LogP contribution >= 0.6 is 0 Å². The lowest BCUT2D eigenvalue weighted by Gasteiger charge is -2.18. The molecule has 0 aromatic heterocycles. The van der Waals surface area contributed by atoms with Crippen LogP contribution in [0.25, 0.3) is 0 Å². The lowest BCUT2D eigenvalue weighted by Crippen LogP contribution is -2.30. The van der Waals surface area contributed by atoms with Gasteiger partial charge in [-0.3, -0.25) is 14.4 Å². The first-order chi connectivity index (χ1) is 40.5. The van der Waals surface area contributed by atoms with Gasteiger partial charge >= 0.3 is 17.9 Å². The van der Waals surface area contributed by atoms with Gasteiger partial charge in [0, 0.05) is 12.8 Å². The van der Waals surface area contributed by atoms with Crippen molar-refractivity contribution in [3.63, 3.8) is 0 Å². The molecule has 0 heterocycles. The van der Waals surface area contributed by atoms with Gasteiger partial charge < -0.3 is 14.2 Å². The van der Waals surface area contributed by atoms with Gasteiger partial charge in [0.1, 0.15) is 13.2 Å². The minimum Gasteiger partial charge on any atom is -0.462 e. The van der Waals surface area contributed by atoms with E-state index in [0.29, 0.717) is 12.8 Å². The molecule has 0 spiro atoms. The third-order valence-corrected chi connectivity index (χ3v) is 16.0. The zero-order valence-corrected chi connectivity index (χ0v) is 54.8. The molecule has 0 amide bonds. The molecule has 1 atom stereocenters. The van der Waals surface area contributed by atoms with E-state index in [1.165, 1.54) is 263 Å². The Morgan fingerprint density at radius 3 is 0.841 bits per heavy atom. The third-order valence-electron chi connectivity index (χ3n) is 16.0. The van der Waals surface area contributed by atoms with Gasteiger partial charge in [0.2, 0.25) is 0 Å². The Bertz CT molecular complexity index is 1500. The van der Waals surface area contributed by atoms with Crippen LogP contribution in [-0.4, -0.2) is 37.2 Å². The van der Waals surface area contributed by atoms with Crippen molar-refractivity contribution in [1.29, 1.82) is 0 Å². The fourth-order valence-corrected chi connectivity index (χ4v) is 10.6. The van der Waals surface area contributed by atoms with Gasteiger partial charge in [-0.25, -0.2) is 0 Å². The fraction of sp³-hybridized carbons (Fsp3) is 0.803. The normalized spacial score (nSPS) is 12.5. The highest BCUT2D eigenvalue weighted by atomic mass is 16.6. The molecule has 0 saturated heterocycles. The molecule has 1 unspecified atom stereocenters. The lowest BCUT2D eigenvalue weighted by atomic mass is 10.0. The Morgan fingerprint density at radius 1 is 0.268 bits per heavy atom. The predicted molar refractivity (Wildman–Crippen MR) is 358 cm³/mol. The van der Waals surface area contributed by atoms with Gasteiger partial charge in [-0.1, -0.05) is 357 Å². The first-order valence-corrected chi connectivity index (χ1v) is 35.9. The molecular weight excluding hydrogens is 1010 g/mol. The molecule has 0 aromatic carbocycles. The smallest absolute Gasteiger partial charge is 0.309 e. The monoisotopic (exact) mass is 1150 g/mol. The van der Waals surface area contributed by atoms with Gasteiger partial charge in [-0.2, -0.15) is 0 Å². The van der Waals surface area contributed by atoms with Gasteiger partial charge in [0.15, 0.2) is 6.10 Å². The second kappa shape index (κ2) is 70.3. The van der Waals surface area contributed by atoms with Gasteiger partial charge in [-0.05, 0) is 70.6 Å². The number of esters is 3. The Balaban J connectivity index is 4.31. The van der Waals surface area contributed by atoms with Crippen LogP contribution in [0.2, 0.25) is 0 Å². The van der Waals surface area contributed by atoms with E-state index in [0.717, 1.165) is 70.6 Å². The molecule has 0 saturated carbocycles. The summed E-state index contributed by atoms with van der Waals surface area (Å²) in [6.07, 6.45) is 92.6. The maximum absolute atomic E-state index is 13.0. The van der Waals surface area contributed by atoms with E-state index < -0.39 is 12.1 Å². The Hall–Kier alpha value is -3.15. The van der Waals surface area contributed by atoms with Crippen molar-refractivity contribution in [2.24, 2.45) is 0 Å². The number of hydrogen-bond acceptors (Lipinski definition) is 6. The zero-order valence-electron chi connectivity index (χ0n) is 54.8. The summed E-state index contributed by atoms with van der Waals surface area (Å²) in [5.41, 5.74) is 0. The molecule has 0 bridgehead atoms. The lowest BCUT2D eigenvalue weighted by molar-refractivity contribution is -0.166. The van der Waals surface area contributed by atoms with Crippen molar-refractivity contribution in [1.82, 2.24) is 0 Å². The van der Waals surface area contributed by atoms with Crippen LogP contribution in [0.4, 0.5) is 0 Å². The molecule has 0 rings (SSSR count). The number of ether oxygens (including phenoxy) is 3. The number of carbonyl (C=O) groups is 3. The summed E-state index contributed by atoms with van der Waals surface area (Å²) < 4.78 is 16.9. The zero-order chi connectivity index (χ0) is 59.2. The second-order valence-corrected chi connectivity index (χ2v) is 24.1. The van der Waals surface area contributed by atoms with Crippen molar-refractivity contribution >= 4 is 17.9 Å². The Labute approximate surface area is 510 Å². The molecule has 6 nitrogen and oxygen atoms in total. The third kappa shape index (κ3) is 67.6. The van der Waals surface area contributed by atoms with Crippen LogP contribution in [0.1, 0.15) is 374 Å². The van der Waals surface area contributed by atoms with Crippen LogP contribution in [0.5, 0.6) is 0 Å². The second-order valence-electron chi connectivity index (χ2n) is 24.1. The predicted octanol–water partition coefficient (Wildman–Crippen LogP) is 24.8. The van der Waals surface area contributed by atoms with Crippen molar-refractivity contribution in [2.45, 2.75) is 380 Å². The number of carbonyl (C=O) groups excluding carboxylic acids is 3. The Kier molecular flexibility index (Phi) is 67.6.